The summed E-state index contributed by atoms with van der Waals surface area (Å²) in [5.74, 6) is 0.240. The van der Waals surface area contributed by atoms with E-state index in [1.165, 1.54) is 0 Å². The van der Waals surface area contributed by atoms with E-state index in [2.05, 4.69) is 4.98 Å². The maximum Gasteiger partial charge on any atom is 0.129 e. The van der Waals surface area contributed by atoms with E-state index in [-0.39, 0.29) is 11.4 Å². The van der Waals surface area contributed by atoms with Gasteiger partial charge in [-0.3, -0.25) is 0 Å². The lowest BCUT2D eigenvalue weighted by Gasteiger charge is -2.12. The zero-order chi connectivity index (χ0) is 9.84. The number of aromatic nitrogens is 1. The average Bonchev–Trinajstić information content (AvgIpc) is 2.08. The van der Waals surface area contributed by atoms with Crippen LogP contribution in [0.25, 0.3) is 0 Å². The van der Waals surface area contributed by atoms with Crippen LogP contribution in [0.15, 0.2) is 18.3 Å². The fraction of sp³-hybridized carbons (Fsp3) is 0.444. The Labute approximate surface area is 88.1 Å². The number of halogens is 2. The van der Waals surface area contributed by atoms with Gasteiger partial charge in [-0.05, 0) is 24.0 Å². The molecule has 1 heterocycles. The van der Waals surface area contributed by atoms with E-state index in [1.54, 1.807) is 12.3 Å². The smallest absolute Gasteiger partial charge is 0.129 e. The molecule has 0 aromatic carbocycles. The van der Waals surface area contributed by atoms with Gasteiger partial charge < -0.3 is 5.73 Å². The number of alkyl halides is 1. The van der Waals surface area contributed by atoms with Gasteiger partial charge in [-0.25, -0.2) is 4.98 Å². The molecule has 0 radical (unpaired) electrons. The van der Waals surface area contributed by atoms with Gasteiger partial charge in [-0.2, -0.15) is 0 Å². The summed E-state index contributed by atoms with van der Waals surface area (Å²) in [4.78, 5) is 3.97. The topological polar surface area (TPSA) is 38.9 Å². The third kappa shape index (κ3) is 3.51. The molecule has 2 nitrogen and oxygen atoms in total. The molecule has 2 N–H and O–H groups in total. The van der Waals surface area contributed by atoms with Crippen LogP contribution in [0.5, 0.6) is 0 Å². The fourth-order valence-electron chi connectivity index (χ4n) is 1.01. The average molecular weight is 219 g/mol. The molecule has 0 bridgehead atoms. The van der Waals surface area contributed by atoms with Gasteiger partial charge in [0.2, 0.25) is 0 Å². The van der Waals surface area contributed by atoms with Crippen LogP contribution in [0.3, 0.4) is 0 Å². The second kappa shape index (κ2) is 4.80. The van der Waals surface area contributed by atoms with Gasteiger partial charge in [0.25, 0.3) is 0 Å². The first-order valence-electron chi connectivity index (χ1n) is 4.09. The molecule has 72 valence electrons. The van der Waals surface area contributed by atoms with Crippen LogP contribution < -0.4 is 5.73 Å². The molecule has 0 saturated heterocycles. The molecule has 2 atom stereocenters. The van der Waals surface area contributed by atoms with Crippen molar-refractivity contribution < 1.29 is 0 Å². The Kier molecular flexibility index (Phi) is 3.97. The lowest BCUT2D eigenvalue weighted by atomic mass is 10.0. The lowest BCUT2D eigenvalue weighted by molar-refractivity contribution is 0.552. The van der Waals surface area contributed by atoms with Crippen molar-refractivity contribution in [2.75, 3.05) is 0 Å². The summed E-state index contributed by atoms with van der Waals surface area (Å²) in [5, 5.41) is 0.506. The number of pyridine rings is 1. The summed E-state index contributed by atoms with van der Waals surface area (Å²) in [6.45, 7) is 2.01. The van der Waals surface area contributed by atoms with E-state index < -0.39 is 0 Å². The van der Waals surface area contributed by atoms with Crippen molar-refractivity contribution in [3.05, 3.63) is 29.0 Å². The molecule has 13 heavy (non-hydrogen) atoms. The van der Waals surface area contributed by atoms with E-state index >= 15 is 0 Å². The zero-order valence-electron chi connectivity index (χ0n) is 7.37. The van der Waals surface area contributed by atoms with E-state index in [9.17, 15) is 0 Å². The summed E-state index contributed by atoms with van der Waals surface area (Å²) >= 11 is 11.4. The van der Waals surface area contributed by atoms with Crippen LogP contribution in [0.4, 0.5) is 0 Å². The highest BCUT2D eigenvalue weighted by molar-refractivity contribution is 6.29. The van der Waals surface area contributed by atoms with Gasteiger partial charge in [0.1, 0.15) is 5.15 Å². The van der Waals surface area contributed by atoms with Gasteiger partial charge in [-0.15, -0.1) is 11.6 Å². The van der Waals surface area contributed by atoms with Crippen LogP contribution in [-0.2, 0) is 6.42 Å². The van der Waals surface area contributed by atoms with Gasteiger partial charge in [0.05, 0.1) is 5.50 Å². The van der Waals surface area contributed by atoms with E-state index in [0.717, 1.165) is 12.0 Å². The largest absolute Gasteiger partial charge is 0.315 e. The van der Waals surface area contributed by atoms with Crippen LogP contribution in [0, 0.1) is 5.92 Å². The summed E-state index contributed by atoms with van der Waals surface area (Å²) < 4.78 is 0. The minimum Gasteiger partial charge on any atom is -0.315 e. The SMILES string of the molecule is CC(Cc1ccc(Cl)nc1)C(N)Cl. The Hall–Kier alpha value is -0.310. The van der Waals surface area contributed by atoms with Crippen LogP contribution >= 0.6 is 23.2 Å². The molecule has 0 amide bonds. The van der Waals surface area contributed by atoms with E-state index in [0.29, 0.717) is 5.15 Å². The van der Waals surface area contributed by atoms with Crippen LogP contribution in [0.2, 0.25) is 5.15 Å². The Balaban J connectivity index is 2.59. The molecule has 0 saturated carbocycles. The Morgan fingerprint density at radius 2 is 2.23 bits per heavy atom. The van der Waals surface area contributed by atoms with Crippen molar-refractivity contribution in [2.45, 2.75) is 18.8 Å². The number of hydrogen-bond donors (Lipinski definition) is 1. The first kappa shape index (κ1) is 10.8. The maximum absolute atomic E-state index is 5.74. The second-order valence-electron chi connectivity index (χ2n) is 3.12. The molecule has 0 spiro atoms. The molecular formula is C9H12Cl2N2. The molecule has 0 aliphatic carbocycles. The fourth-order valence-corrected chi connectivity index (χ4v) is 1.21. The normalized spacial score (nSPS) is 15.4. The molecule has 4 heteroatoms. The molecule has 1 aromatic rings. The summed E-state index contributed by atoms with van der Waals surface area (Å²) in [7, 11) is 0. The van der Waals surface area contributed by atoms with Crippen molar-refractivity contribution in [1.82, 2.24) is 4.98 Å². The predicted octanol–water partition coefficient (Wildman–Crippen LogP) is 2.44. The molecule has 0 aliphatic heterocycles. The van der Waals surface area contributed by atoms with Crippen molar-refractivity contribution in [1.29, 1.82) is 0 Å². The number of nitrogens with two attached hydrogens (primary N) is 1. The Morgan fingerprint density at radius 1 is 1.54 bits per heavy atom. The minimum atomic E-state index is -0.310. The maximum atomic E-state index is 5.74. The summed E-state index contributed by atoms with van der Waals surface area (Å²) in [6.07, 6.45) is 2.58. The van der Waals surface area contributed by atoms with Gasteiger partial charge in [0.15, 0.2) is 0 Å². The minimum absolute atomic E-state index is 0.240. The third-order valence-electron chi connectivity index (χ3n) is 1.89. The highest BCUT2D eigenvalue weighted by Crippen LogP contribution is 2.13. The van der Waals surface area contributed by atoms with Crippen molar-refractivity contribution in [2.24, 2.45) is 11.7 Å². The van der Waals surface area contributed by atoms with Gasteiger partial charge in [-0.1, -0.05) is 24.6 Å². The van der Waals surface area contributed by atoms with Crippen molar-refractivity contribution in [3.8, 4) is 0 Å². The highest BCUT2D eigenvalue weighted by atomic mass is 35.5. The number of rotatable bonds is 3. The Morgan fingerprint density at radius 3 is 2.69 bits per heavy atom. The summed E-state index contributed by atoms with van der Waals surface area (Å²) in [5.41, 5.74) is 6.33. The van der Waals surface area contributed by atoms with Gasteiger partial charge in [0, 0.05) is 6.20 Å². The van der Waals surface area contributed by atoms with Crippen molar-refractivity contribution >= 4 is 23.2 Å². The first-order valence-corrected chi connectivity index (χ1v) is 4.91. The van der Waals surface area contributed by atoms with Crippen LogP contribution in [0.1, 0.15) is 12.5 Å². The third-order valence-corrected chi connectivity index (χ3v) is 2.54. The zero-order valence-corrected chi connectivity index (χ0v) is 8.89. The predicted molar refractivity (Wildman–Crippen MR) is 55.9 cm³/mol. The summed E-state index contributed by atoms with van der Waals surface area (Å²) in [6, 6.07) is 3.70. The molecule has 1 rings (SSSR count). The van der Waals surface area contributed by atoms with E-state index in [4.69, 9.17) is 28.9 Å². The standard InChI is InChI=1S/C9H12Cl2N2/c1-6(9(11)12)4-7-2-3-8(10)13-5-7/h2-3,5-6,9H,4,12H2,1H3. The quantitative estimate of drug-likeness (QED) is 0.481. The van der Waals surface area contributed by atoms with E-state index in [1.807, 2.05) is 13.0 Å². The molecule has 1 aromatic heterocycles. The highest BCUT2D eigenvalue weighted by Gasteiger charge is 2.09. The molecule has 2 unspecified atom stereocenters. The molecule has 0 fully saturated rings. The number of hydrogen-bond acceptors (Lipinski definition) is 2. The second-order valence-corrected chi connectivity index (χ2v) is 4.01. The first-order chi connectivity index (χ1) is 6.09. The molecular weight excluding hydrogens is 207 g/mol. The Bertz CT molecular complexity index is 259. The van der Waals surface area contributed by atoms with Crippen LogP contribution in [-0.4, -0.2) is 10.5 Å². The van der Waals surface area contributed by atoms with Gasteiger partial charge >= 0.3 is 0 Å². The monoisotopic (exact) mass is 218 g/mol. The van der Waals surface area contributed by atoms with Crippen molar-refractivity contribution in [3.63, 3.8) is 0 Å². The molecule has 0 aliphatic rings. The number of nitrogens with zero attached hydrogens (tertiary/aromatic N) is 1. The lowest BCUT2D eigenvalue weighted by Crippen LogP contribution is -2.23.